The molecule has 0 spiro atoms. The Morgan fingerprint density at radius 3 is 2.33 bits per heavy atom. The van der Waals surface area contributed by atoms with Crippen LogP contribution in [0.2, 0.25) is 5.02 Å². The van der Waals surface area contributed by atoms with Gasteiger partial charge in [-0.25, -0.2) is 4.79 Å². The van der Waals surface area contributed by atoms with Crippen molar-refractivity contribution < 1.29 is 29.0 Å². The molecule has 1 atom stereocenters. The Kier molecular flexibility index (Phi) is 6.79. The zero-order valence-electron chi connectivity index (χ0n) is 14.7. The molecule has 0 unspecified atom stereocenters. The average molecular weight is 392 g/mol. The first-order chi connectivity index (χ1) is 12.8. The van der Waals surface area contributed by atoms with E-state index in [4.69, 9.17) is 21.1 Å². The second kappa shape index (κ2) is 9.05. The van der Waals surface area contributed by atoms with Gasteiger partial charge in [0.05, 0.1) is 12.1 Å². The summed E-state index contributed by atoms with van der Waals surface area (Å²) in [6.45, 7) is 1.27. The van der Waals surface area contributed by atoms with Gasteiger partial charge in [-0.1, -0.05) is 17.7 Å². The van der Waals surface area contributed by atoms with Crippen LogP contribution in [0.15, 0.2) is 42.5 Å². The number of carboxylic acid groups (broad SMARTS) is 1. The van der Waals surface area contributed by atoms with Crippen LogP contribution in [0.4, 0.5) is 0 Å². The van der Waals surface area contributed by atoms with Gasteiger partial charge in [-0.3, -0.25) is 9.59 Å². The normalized spacial score (nSPS) is 11.4. The Balaban J connectivity index is 2.09. The van der Waals surface area contributed by atoms with E-state index in [0.717, 1.165) is 0 Å². The lowest BCUT2D eigenvalue weighted by Gasteiger charge is -2.15. The highest BCUT2D eigenvalue weighted by Gasteiger charge is 2.21. The van der Waals surface area contributed by atoms with Crippen LogP contribution in [0.3, 0.4) is 0 Å². The number of aliphatic carboxylic acids is 1. The second-order valence-electron chi connectivity index (χ2n) is 5.66. The summed E-state index contributed by atoms with van der Waals surface area (Å²) < 4.78 is 9.95. The Bertz CT molecular complexity index is 850. The van der Waals surface area contributed by atoms with E-state index in [9.17, 15) is 19.5 Å². The van der Waals surface area contributed by atoms with Crippen molar-refractivity contribution in [1.29, 1.82) is 0 Å². The number of nitrogens with one attached hydrogen (secondary N) is 1. The molecule has 2 N–H and O–H groups in total. The molecule has 0 aliphatic heterocycles. The van der Waals surface area contributed by atoms with Gasteiger partial charge >= 0.3 is 11.9 Å². The van der Waals surface area contributed by atoms with Crippen molar-refractivity contribution in [3.05, 3.63) is 58.6 Å². The SMILES string of the molecule is COc1ccc(C[C@@H](NC(=O)c2ccc(OC(C)=O)cc2)C(=O)O)cc1Cl. The molecule has 0 aromatic heterocycles. The van der Waals surface area contributed by atoms with E-state index in [1.165, 1.54) is 38.3 Å². The lowest BCUT2D eigenvalue weighted by Crippen LogP contribution is -2.42. The molecule has 27 heavy (non-hydrogen) atoms. The minimum atomic E-state index is -1.17. The van der Waals surface area contributed by atoms with Crippen LogP contribution in [0, 0.1) is 0 Å². The number of hydrogen-bond donors (Lipinski definition) is 2. The van der Waals surface area contributed by atoms with Gasteiger partial charge in [0.2, 0.25) is 0 Å². The molecule has 0 radical (unpaired) electrons. The van der Waals surface area contributed by atoms with Crippen LogP contribution >= 0.6 is 11.6 Å². The zero-order chi connectivity index (χ0) is 20.0. The highest BCUT2D eigenvalue weighted by Crippen LogP contribution is 2.25. The maximum Gasteiger partial charge on any atom is 0.326 e. The van der Waals surface area contributed by atoms with Crippen molar-refractivity contribution in [2.24, 2.45) is 0 Å². The molecule has 0 fully saturated rings. The number of esters is 1. The van der Waals surface area contributed by atoms with Gasteiger partial charge < -0.3 is 19.9 Å². The fourth-order valence-electron chi connectivity index (χ4n) is 2.35. The minimum absolute atomic E-state index is 0.0519. The molecule has 0 aliphatic carbocycles. The molecule has 0 bridgehead atoms. The fourth-order valence-corrected chi connectivity index (χ4v) is 2.63. The molecular weight excluding hydrogens is 374 g/mol. The summed E-state index contributed by atoms with van der Waals surface area (Å²) in [4.78, 5) is 34.8. The molecule has 7 nitrogen and oxygen atoms in total. The molecule has 2 rings (SSSR count). The highest BCUT2D eigenvalue weighted by molar-refractivity contribution is 6.32. The number of amides is 1. The number of ether oxygens (including phenoxy) is 2. The van der Waals surface area contributed by atoms with Crippen molar-refractivity contribution in [2.45, 2.75) is 19.4 Å². The number of carbonyl (C=O) groups is 3. The molecule has 2 aromatic carbocycles. The molecular formula is C19H18ClNO6. The first-order valence-corrected chi connectivity index (χ1v) is 8.32. The quantitative estimate of drug-likeness (QED) is 0.555. The molecule has 0 saturated heterocycles. The van der Waals surface area contributed by atoms with E-state index in [0.29, 0.717) is 22.1 Å². The van der Waals surface area contributed by atoms with Gasteiger partial charge in [-0.15, -0.1) is 0 Å². The number of halogens is 1. The van der Waals surface area contributed by atoms with Crippen molar-refractivity contribution in [3.8, 4) is 11.5 Å². The lowest BCUT2D eigenvalue weighted by atomic mass is 10.0. The third kappa shape index (κ3) is 5.72. The van der Waals surface area contributed by atoms with Gasteiger partial charge in [-0.05, 0) is 42.0 Å². The summed E-state index contributed by atoms with van der Waals surface area (Å²) in [6.07, 6.45) is 0.0519. The predicted molar refractivity (Wildman–Crippen MR) is 98.3 cm³/mol. The summed E-state index contributed by atoms with van der Waals surface area (Å²) >= 11 is 6.05. The number of hydrogen-bond acceptors (Lipinski definition) is 5. The molecule has 0 saturated carbocycles. The van der Waals surface area contributed by atoms with E-state index in [-0.39, 0.29) is 12.0 Å². The summed E-state index contributed by atoms with van der Waals surface area (Å²) in [6, 6.07) is 9.55. The molecule has 2 aromatic rings. The Morgan fingerprint density at radius 1 is 1.15 bits per heavy atom. The summed E-state index contributed by atoms with van der Waals surface area (Å²) in [5.74, 6) is -1.44. The van der Waals surface area contributed by atoms with Crippen LogP contribution in [0.5, 0.6) is 11.5 Å². The van der Waals surface area contributed by atoms with E-state index >= 15 is 0 Å². The van der Waals surface area contributed by atoms with Gasteiger partial charge in [-0.2, -0.15) is 0 Å². The van der Waals surface area contributed by atoms with Crippen LogP contribution < -0.4 is 14.8 Å². The van der Waals surface area contributed by atoms with Crippen molar-refractivity contribution in [3.63, 3.8) is 0 Å². The molecule has 0 heterocycles. The minimum Gasteiger partial charge on any atom is -0.495 e. The van der Waals surface area contributed by atoms with Crippen LogP contribution in [-0.4, -0.2) is 36.1 Å². The monoisotopic (exact) mass is 391 g/mol. The summed E-state index contributed by atoms with van der Waals surface area (Å²) in [5, 5.41) is 12.2. The second-order valence-corrected chi connectivity index (χ2v) is 6.06. The number of rotatable bonds is 7. The van der Waals surface area contributed by atoms with E-state index in [1.54, 1.807) is 18.2 Å². The van der Waals surface area contributed by atoms with Crippen molar-refractivity contribution in [2.75, 3.05) is 7.11 Å². The van der Waals surface area contributed by atoms with Crippen LogP contribution in [-0.2, 0) is 16.0 Å². The van der Waals surface area contributed by atoms with E-state index in [2.05, 4.69) is 5.32 Å². The van der Waals surface area contributed by atoms with Gasteiger partial charge in [0, 0.05) is 18.9 Å². The average Bonchev–Trinajstić information content (AvgIpc) is 2.61. The third-order valence-electron chi connectivity index (χ3n) is 3.64. The van der Waals surface area contributed by atoms with Crippen molar-refractivity contribution >= 4 is 29.4 Å². The van der Waals surface area contributed by atoms with Crippen molar-refractivity contribution in [1.82, 2.24) is 5.32 Å². The predicted octanol–water partition coefficient (Wildman–Crippen LogP) is 2.70. The smallest absolute Gasteiger partial charge is 0.326 e. The topological polar surface area (TPSA) is 102 Å². The maximum absolute atomic E-state index is 12.3. The van der Waals surface area contributed by atoms with Gasteiger partial charge in [0.15, 0.2) is 0 Å². The lowest BCUT2D eigenvalue weighted by molar-refractivity contribution is -0.139. The summed E-state index contributed by atoms with van der Waals surface area (Å²) in [7, 11) is 1.48. The first kappa shape index (κ1) is 20.3. The standard InChI is InChI=1S/C19H18ClNO6/c1-11(22)27-14-6-4-13(5-7-14)18(23)21-16(19(24)25)10-12-3-8-17(26-2)15(20)9-12/h3-9,16H,10H2,1-2H3,(H,21,23)(H,24,25)/t16-/m1/s1. The molecule has 8 heteroatoms. The molecule has 0 aliphatic rings. The number of carboxylic acids is 1. The maximum atomic E-state index is 12.3. The Hall–Kier alpha value is -3.06. The Morgan fingerprint density at radius 2 is 1.81 bits per heavy atom. The van der Waals surface area contributed by atoms with Gasteiger partial charge in [0.1, 0.15) is 17.5 Å². The molecule has 1 amide bonds. The Labute approximate surface area is 160 Å². The van der Waals surface area contributed by atoms with E-state index < -0.39 is 23.9 Å². The summed E-state index contributed by atoms with van der Waals surface area (Å²) in [5.41, 5.74) is 0.878. The number of methoxy groups -OCH3 is 1. The van der Waals surface area contributed by atoms with Crippen LogP contribution in [0.1, 0.15) is 22.8 Å². The van der Waals surface area contributed by atoms with Crippen LogP contribution in [0.25, 0.3) is 0 Å². The number of carbonyl (C=O) groups excluding carboxylic acids is 2. The van der Waals surface area contributed by atoms with E-state index in [1.807, 2.05) is 0 Å². The largest absolute Gasteiger partial charge is 0.495 e. The first-order valence-electron chi connectivity index (χ1n) is 7.94. The third-order valence-corrected chi connectivity index (χ3v) is 3.93. The highest BCUT2D eigenvalue weighted by atomic mass is 35.5. The zero-order valence-corrected chi connectivity index (χ0v) is 15.4. The van der Waals surface area contributed by atoms with Gasteiger partial charge in [0.25, 0.3) is 5.91 Å². The number of benzene rings is 2. The molecule has 142 valence electrons. The fraction of sp³-hybridized carbons (Fsp3) is 0.211.